The zero-order valence-corrected chi connectivity index (χ0v) is 13.1. The van der Waals surface area contributed by atoms with Crippen LogP contribution in [-0.2, 0) is 9.59 Å². The van der Waals surface area contributed by atoms with Gasteiger partial charge in [0.25, 0.3) is 0 Å². The minimum Gasteiger partial charge on any atom is -0.481 e. The van der Waals surface area contributed by atoms with Gasteiger partial charge in [-0.15, -0.1) is 0 Å². The second kappa shape index (κ2) is 5.75. The minimum atomic E-state index is -0.810. The third-order valence-corrected chi connectivity index (χ3v) is 5.44. The summed E-state index contributed by atoms with van der Waals surface area (Å²) in [5.41, 5.74) is 2.23. The summed E-state index contributed by atoms with van der Waals surface area (Å²) in [5.74, 6) is -1.32. The van der Waals surface area contributed by atoms with E-state index in [0.29, 0.717) is 0 Å². The highest BCUT2D eigenvalue weighted by Crippen LogP contribution is 2.52. The summed E-state index contributed by atoms with van der Waals surface area (Å²) in [5, 5.41) is 12.5. The van der Waals surface area contributed by atoms with Crippen molar-refractivity contribution >= 4 is 11.9 Å². The van der Waals surface area contributed by atoms with Gasteiger partial charge in [0.05, 0.1) is 17.9 Å². The molecule has 4 heteroatoms. The number of carboxylic acid groups (broad SMARTS) is 1. The summed E-state index contributed by atoms with van der Waals surface area (Å²) < 4.78 is 0. The van der Waals surface area contributed by atoms with Crippen LogP contribution in [0.25, 0.3) is 0 Å². The van der Waals surface area contributed by atoms with Crippen LogP contribution in [0.15, 0.2) is 24.3 Å². The van der Waals surface area contributed by atoms with E-state index in [1.54, 1.807) is 0 Å². The van der Waals surface area contributed by atoms with Crippen molar-refractivity contribution in [3.63, 3.8) is 0 Å². The minimum absolute atomic E-state index is 0.0901. The van der Waals surface area contributed by atoms with E-state index in [4.69, 9.17) is 0 Å². The van der Waals surface area contributed by atoms with Gasteiger partial charge in [-0.1, -0.05) is 29.8 Å². The molecule has 2 fully saturated rings. The van der Waals surface area contributed by atoms with Crippen LogP contribution < -0.4 is 5.32 Å². The maximum atomic E-state index is 12.6. The smallest absolute Gasteiger partial charge is 0.307 e. The van der Waals surface area contributed by atoms with Crippen LogP contribution >= 0.6 is 0 Å². The molecule has 118 valence electrons. The molecule has 0 aliphatic heterocycles. The molecule has 22 heavy (non-hydrogen) atoms. The number of nitrogens with one attached hydrogen (secondary N) is 1. The molecule has 1 aromatic carbocycles. The van der Waals surface area contributed by atoms with Gasteiger partial charge in [-0.3, -0.25) is 9.59 Å². The number of amides is 1. The van der Waals surface area contributed by atoms with E-state index in [1.807, 2.05) is 38.1 Å². The molecule has 0 radical (unpaired) electrons. The first-order valence-electron chi connectivity index (χ1n) is 8.07. The Hall–Kier alpha value is -1.84. The first kappa shape index (κ1) is 15.1. The number of aliphatic carboxylic acids is 1. The van der Waals surface area contributed by atoms with Gasteiger partial charge in [0.2, 0.25) is 5.91 Å². The molecule has 2 saturated carbocycles. The number of hydrogen-bond acceptors (Lipinski definition) is 2. The Morgan fingerprint density at radius 1 is 1.14 bits per heavy atom. The lowest BCUT2D eigenvalue weighted by Crippen LogP contribution is -2.42. The summed E-state index contributed by atoms with van der Waals surface area (Å²) in [6.45, 7) is 3.98. The second-order valence-electron chi connectivity index (χ2n) is 6.86. The SMILES string of the molecule is Cc1ccc([C@H](C)NC(=O)[C@@H]2[C@@H]3CC[C@@H](C3)[C@@H]2C(=O)O)cc1. The Balaban J connectivity index is 1.71. The Labute approximate surface area is 130 Å². The number of carbonyl (C=O) groups is 2. The van der Waals surface area contributed by atoms with Crippen molar-refractivity contribution in [2.24, 2.45) is 23.7 Å². The molecule has 2 bridgehead atoms. The van der Waals surface area contributed by atoms with Crippen LogP contribution in [0.5, 0.6) is 0 Å². The van der Waals surface area contributed by atoms with Crippen LogP contribution in [0.1, 0.15) is 43.4 Å². The first-order valence-corrected chi connectivity index (χ1v) is 8.07. The normalized spacial score (nSPS) is 31.0. The van der Waals surface area contributed by atoms with Crippen molar-refractivity contribution in [3.05, 3.63) is 35.4 Å². The molecular formula is C18H23NO3. The van der Waals surface area contributed by atoms with Crippen molar-refractivity contribution in [2.45, 2.75) is 39.2 Å². The molecule has 2 aliphatic rings. The Bertz CT molecular complexity index is 580. The molecule has 5 atom stereocenters. The molecule has 3 rings (SSSR count). The zero-order valence-electron chi connectivity index (χ0n) is 13.1. The fraction of sp³-hybridized carbons (Fsp3) is 0.556. The van der Waals surface area contributed by atoms with Crippen LogP contribution in [0, 0.1) is 30.6 Å². The highest BCUT2D eigenvalue weighted by molar-refractivity contribution is 5.86. The molecule has 1 amide bonds. The summed E-state index contributed by atoms with van der Waals surface area (Å²) >= 11 is 0. The quantitative estimate of drug-likeness (QED) is 0.898. The summed E-state index contributed by atoms with van der Waals surface area (Å²) in [7, 11) is 0. The van der Waals surface area contributed by atoms with Gasteiger partial charge in [-0.25, -0.2) is 0 Å². The van der Waals surface area contributed by atoms with Crippen molar-refractivity contribution in [1.82, 2.24) is 5.32 Å². The lowest BCUT2D eigenvalue weighted by molar-refractivity contribution is -0.149. The van der Waals surface area contributed by atoms with Gasteiger partial charge < -0.3 is 10.4 Å². The Morgan fingerprint density at radius 3 is 2.32 bits per heavy atom. The lowest BCUT2D eigenvalue weighted by atomic mass is 9.78. The third kappa shape index (κ3) is 2.62. The van der Waals surface area contributed by atoms with Gasteiger partial charge in [0, 0.05) is 0 Å². The molecule has 2 aliphatic carbocycles. The average molecular weight is 301 g/mol. The maximum absolute atomic E-state index is 12.6. The molecular weight excluding hydrogens is 278 g/mol. The molecule has 0 saturated heterocycles. The summed E-state index contributed by atoms with van der Waals surface area (Å²) in [6, 6.07) is 7.97. The largest absolute Gasteiger partial charge is 0.481 e. The van der Waals surface area contributed by atoms with E-state index >= 15 is 0 Å². The highest BCUT2D eigenvalue weighted by Gasteiger charge is 2.54. The maximum Gasteiger partial charge on any atom is 0.307 e. The Kier molecular flexibility index (Phi) is 3.94. The van der Waals surface area contributed by atoms with E-state index < -0.39 is 11.9 Å². The van der Waals surface area contributed by atoms with E-state index in [1.165, 1.54) is 5.56 Å². The predicted octanol–water partition coefficient (Wildman–Crippen LogP) is 2.92. The fourth-order valence-electron chi connectivity index (χ4n) is 4.27. The number of benzene rings is 1. The van der Waals surface area contributed by atoms with E-state index in [9.17, 15) is 14.7 Å². The molecule has 0 aromatic heterocycles. The number of carboxylic acids is 1. The molecule has 1 aromatic rings. The predicted molar refractivity (Wildman–Crippen MR) is 83.2 cm³/mol. The molecule has 2 N–H and O–H groups in total. The fourth-order valence-corrected chi connectivity index (χ4v) is 4.27. The van der Waals surface area contributed by atoms with Crippen molar-refractivity contribution in [2.75, 3.05) is 0 Å². The Morgan fingerprint density at radius 2 is 1.73 bits per heavy atom. The monoisotopic (exact) mass is 301 g/mol. The van der Waals surface area contributed by atoms with E-state index in [0.717, 1.165) is 24.8 Å². The number of aryl methyl sites for hydroxylation is 1. The van der Waals surface area contributed by atoms with Crippen LogP contribution in [-0.4, -0.2) is 17.0 Å². The van der Waals surface area contributed by atoms with E-state index in [-0.39, 0.29) is 29.7 Å². The van der Waals surface area contributed by atoms with Gasteiger partial charge >= 0.3 is 5.97 Å². The van der Waals surface area contributed by atoms with Gasteiger partial charge in [-0.05, 0) is 50.5 Å². The first-order chi connectivity index (χ1) is 10.5. The molecule has 4 nitrogen and oxygen atoms in total. The van der Waals surface area contributed by atoms with Gasteiger partial charge in [0.1, 0.15) is 0 Å². The average Bonchev–Trinajstić information content (AvgIpc) is 3.08. The van der Waals surface area contributed by atoms with Crippen molar-refractivity contribution in [3.8, 4) is 0 Å². The topological polar surface area (TPSA) is 66.4 Å². The summed E-state index contributed by atoms with van der Waals surface area (Å²) in [6.07, 6.45) is 2.85. The van der Waals surface area contributed by atoms with Crippen molar-refractivity contribution in [1.29, 1.82) is 0 Å². The highest BCUT2D eigenvalue weighted by atomic mass is 16.4. The number of carbonyl (C=O) groups excluding carboxylic acids is 1. The van der Waals surface area contributed by atoms with Gasteiger partial charge in [-0.2, -0.15) is 0 Å². The van der Waals surface area contributed by atoms with Crippen molar-refractivity contribution < 1.29 is 14.7 Å². The van der Waals surface area contributed by atoms with E-state index in [2.05, 4.69) is 5.32 Å². The van der Waals surface area contributed by atoms with Gasteiger partial charge in [0.15, 0.2) is 0 Å². The third-order valence-electron chi connectivity index (χ3n) is 5.44. The molecule has 0 heterocycles. The van der Waals surface area contributed by atoms with Crippen LogP contribution in [0.4, 0.5) is 0 Å². The van der Waals surface area contributed by atoms with Crippen LogP contribution in [0.3, 0.4) is 0 Å². The lowest BCUT2D eigenvalue weighted by Gasteiger charge is -2.28. The molecule has 0 unspecified atom stereocenters. The standard InChI is InChI=1S/C18H23NO3/c1-10-3-5-12(6-4-10)11(2)19-17(20)15-13-7-8-14(9-13)16(15)18(21)22/h3-6,11,13-16H,7-9H2,1-2H3,(H,19,20)(H,21,22)/t11-,13+,14-,15+,16-/m0/s1. The zero-order chi connectivity index (χ0) is 15.9. The second-order valence-corrected chi connectivity index (χ2v) is 6.86. The molecule has 0 spiro atoms. The summed E-state index contributed by atoms with van der Waals surface area (Å²) in [4.78, 5) is 24.1. The number of hydrogen-bond donors (Lipinski definition) is 2. The number of fused-ring (bicyclic) bond motifs is 2. The van der Waals surface area contributed by atoms with Crippen LogP contribution in [0.2, 0.25) is 0 Å². The number of rotatable bonds is 4.